The fourth-order valence-electron chi connectivity index (χ4n) is 1.80. The molecule has 0 aliphatic heterocycles. The van der Waals surface area contributed by atoms with Crippen LogP contribution >= 0.6 is 34.7 Å². The lowest BCUT2D eigenvalue weighted by Crippen LogP contribution is -1.80. The van der Waals surface area contributed by atoms with Gasteiger partial charge in [-0.2, -0.15) is 0 Å². The Bertz CT molecular complexity index is 677. The minimum absolute atomic E-state index is 0.752. The van der Waals surface area contributed by atoms with Gasteiger partial charge >= 0.3 is 0 Å². The minimum atomic E-state index is 0.752. The normalized spacial score (nSPS) is 10.7. The number of hydrogen-bond donors (Lipinski definition) is 0. The molecule has 0 bridgehead atoms. The Balaban J connectivity index is 1.69. The van der Waals surface area contributed by atoms with Crippen molar-refractivity contribution in [2.75, 3.05) is 0 Å². The van der Waals surface area contributed by atoms with Crippen LogP contribution in [0, 0.1) is 0 Å². The van der Waals surface area contributed by atoms with Crippen LogP contribution in [-0.4, -0.2) is 4.98 Å². The van der Waals surface area contributed by atoms with Crippen molar-refractivity contribution in [1.82, 2.24) is 4.98 Å². The van der Waals surface area contributed by atoms with Crippen LogP contribution in [0.3, 0.4) is 0 Å². The van der Waals surface area contributed by atoms with Crippen LogP contribution < -0.4 is 0 Å². The van der Waals surface area contributed by atoms with E-state index < -0.39 is 0 Å². The van der Waals surface area contributed by atoms with Crippen molar-refractivity contribution in [3.63, 3.8) is 0 Å². The number of aromatic nitrogens is 1. The number of benzene rings is 2. The summed E-state index contributed by atoms with van der Waals surface area (Å²) >= 11 is 9.36. The first-order valence-electron chi connectivity index (χ1n) is 6.19. The average Bonchev–Trinajstić information content (AvgIpc) is 2.96. The third-order valence-electron chi connectivity index (χ3n) is 2.83. The van der Waals surface area contributed by atoms with Gasteiger partial charge < -0.3 is 0 Å². The first-order valence-corrected chi connectivity index (χ1v) is 8.44. The van der Waals surface area contributed by atoms with E-state index in [1.165, 1.54) is 5.56 Å². The predicted octanol–water partition coefficient (Wildman–Crippen LogP) is 5.76. The molecule has 4 heteroatoms. The van der Waals surface area contributed by atoms with E-state index in [4.69, 9.17) is 11.6 Å². The van der Waals surface area contributed by atoms with Crippen molar-refractivity contribution in [2.24, 2.45) is 0 Å². The van der Waals surface area contributed by atoms with E-state index in [1.807, 2.05) is 30.3 Å². The Morgan fingerprint density at radius 3 is 2.50 bits per heavy atom. The summed E-state index contributed by atoms with van der Waals surface area (Å²) in [6.45, 7) is 0. The standard InChI is InChI=1S/C16H12ClNS2/c17-14-8-6-13(7-9-14)15-11-20-16(18-15)19-10-12-4-2-1-3-5-12/h1-9,11H,10H2. The molecule has 0 amide bonds. The minimum Gasteiger partial charge on any atom is -0.230 e. The fourth-order valence-corrected chi connectivity index (χ4v) is 3.71. The maximum Gasteiger partial charge on any atom is 0.150 e. The molecule has 0 saturated heterocycles. The molecule has 0 N–H and O–H groups in total. The molecule has 100 valence electrons. The highest BCUT2D eigenvalue weighted by Crippen LogP contribution is 2.30. The van der Waals surface area contributed by atoms with Crippen LogP contribution in [0.1, 0.15) is 5.56 Å². The Kier molecular flexibility index (Phi) is 4.41. The molecular weight excluding hydrogens is 306 g/mol. The van der Waals surface area contributed by atoms with Crippen molar-refractivity contribution in [3.05, 3.63) is 70.6 Å². The lowest BCUT2D eigenvalue weighted by atomic mass is 10.2. The second-order valence-electron chi connectivity index (χ2n) is 4.28. The van der Waals surface area contributed by atoms with Crippen LogP contribution in [0.25, 0.3) is 11.3 Å². The van der Waals surface area contributed by atoms with E-state index >= 15 is 0 Å². The van der Waals surface area contributed by atoms with Gasteiger partial charge in [-0.1, -0.05) is 65.8 Å². The third kappa shape index (κ3) is 3.42. The zero-order valence-electron chi connectivity index (χ0n) is 10.6. The third-order valence-corrected chi connectivity index (χ3v) is 5.17. The molecule has 0 radical (unpaired) electrons. The summed E-state index contributed by atoms with van der Waals surface area (Å²) in [7, 11) is 0. The van der Waals surface area contributed by atoms with E-state index in [0.717, 1.165) is 26.4 Å². The lowest BCUT2D eigenvalue weighted by molar-refractivity contribution is 1.24. The van der Waals surface area contributed by atoms with Crippen molar-refractivity contribution < 1.29 is 0 Å². The summed E-state index contributed by atoms with van der Waals surface area (Å²) in [5.74, 6) is 0.953. The van der Waals surface area contributed by atoms with Crippen LogP contribution in [0.4, 0.5) is 0 Å². The molecule has 1 aromatic heterocycles. The van der Waals surface area contributed by atoms with Gasteiger partial charge in [-0.05, 0) is 17.7 Å². The number of thioether (sulfide) groups is 1. The molecule has 1 nitrogen and oxygen atoms in total. The second kappa shape index (κ2) is 6.44. The zero-order chi connectivity index (χ0) is 13.8. The molecule has 0 spiro atoms. The number of hydrogen-bond acceptors (Lipinski definition) is 3. The molecule has 2 aromatic carbocycles. The van der Waals surface area contributed by atoms with Gasteiger partial charge in [-0.25, -0.2) is 4.98 Å². The summed E-state index contributed by atoms with van der Waals surface area (Å²) in [5.41, 5.74) is 3.44. The molecular formula is C16H12ClNS2. The van der Waals surface area contributed by atoms with Gasteiger partial charge in [0.25, 0.3) is 0 Å². The number of thiazole rings is 1. The molecule has 0 unspecified atom stereocenters. The van der Waals surface area contributed by atoms with Crippen LogP contribution in [-0.2, 0) is 5.75 Å². The van der Waals surface area contributed by atoms with Gasteiger partial charge in [-0.15, -0.1) is 11.3 Å². The largest absolute Gasteiger partial charge is 0.230 e. The number of rotatable bonds is 4. The molecule has 0 saturated carbocycles. The predicted molar refractivity (Wildman–Crippen MR) is 88.6 cm³/mol. The van der Waals surface area contributed by atoms with Crippen molar-refractivity contribution in [3.8, 4) is 11.3 Å². The molecule has 3 aromatic rings. The first-order chi connectivity index (χ1) is 9.81. The van der Waals surface area contributed by atoms with Gasteiger partial charge in [0.1, 0.15) is 0 Å². The summed E-state index contributed by atoms with van der Waals surface area (Å²) in [5, 5.41) is 2.85. The van der Waals surface area contributed by atoms with Crippen LogP contribution in [0.5, 0.6) is 0 Å². The smallest absolute Gasteiger partial charge is 0.150 e. The van der Waals surface area contributed by atoms with Crippen molar-refractivity contribution in [2.45, 2.75) is 10.1 Å². The van der Waals surface area contributed by atoms with Gasteiger partial charge in [-0.3, -0.25) is 0 Å². The Morgan fingerprint density at radius 2 is 1.75 bits per heavy atom. The quantitative estimate of drug-likeness (QED) is 0.568. The Labute approximate surface area is 131 Å². The van der Waals surface area contributed by atoms with Crippen molar-refractivity contribution in [1.29, 1.82) is 0 Å². The average molecular weight is 318 g/mol. The SMILES string of the molecule is Clc1ccc(-c2csc(SCc3ccccc3)n2)cc1. The van der Waals surface area contributed by atoms with E-state index in [0.29, 0.717) is 0 Å². The van der Waals surface area contributed by atoms with E-state index in [-0.39, 0.29) is 0 Å². The highest BCUT2D eigenvalue weighted by Gasteiger charge is 2.05. The topological polar surface area (TPSA) is 12.9 Å². The van der Waals surface area contributed by atoms with Gasteiger partial charge in [0, 0.05) is 21.7 Å². The summed E-state index contributed by atoms with van der Waals surface area (Å²) < 4.78 is 1.10. The van der Waals surface area contributed by atoms with Gasteiger partial charge in [0.05, 0.1) is 5.69 Å². The fraction of sp³-hybridized carbons (Fsp3) is 0.0625. The van der Waals surface area contributed by atoms with Gasteiger partial charge in [0.2, 0.25) is 0 Å². The highest BCUT2D eigenvalue weighted by molar-refractivity contribution is 8.00. The molecule has 0 atom stereocenters. The van der Waals surface area contributed by atoms with Crippen molar-refractivity contribution >= 4 is 34.7 Å². The van der Waals surface area contributed by atoms with Crippen LogP contribution in [0.2, 0.25) is 5.02 Å². The van der Waals surface area contributed by atoms with Gasteiger partial charge in [0.15, 0.2) is 4.34 Å². The molecule has 0 aliphatic carbocycles. The van der Waals surface area contributed by atoms with E-state index in [1.54, 1.807) is 23.1 Å². The number of nitrogens with zero attached hydrogens (tertiary/aromatic N) is 1. The highest BCUT2D eigenvalue weighted by atomic mass is 35.5. The summed E-state index contributed by atoms with van der Waals surface area (Å²) in [4.78, 5) is 4.66. The molecule has 20 heavy (non-hydrogen) atoms. The molecule has 3 rings (SSSR count). The maximum absolute atomic E-state index is 5.90. The monoisotopic (exact) mass is 317 g/mol. The molecule has 0 aliphatic rings. The second-order valence-corrected chi connectivity index (χ2v) is 6.80. The Morgan fingerprint density at radius 1 is 1.00 bits per heavy atom. The first kappa shape index (κ1) is 13.7. The lowest BCUT2D eigenvalue weighted by Gasteiger charge is -1.98. The molecule has 0 fully saturated rings. The summed E-state index contributed by atoms with van der Waals surface area (Å²) in [6, 6.07) is 18.2. The van der Waals surface area contributed by atoms with Crippen LogP contribution in [0.15, 0.2) is 64.3 Å². The molecule has 1 heterocycles. The van der Waals surface area contributed by atoms with E-state index in [2.05, 4.69) is 34.6 Å². The number of halogens is 1. The Hall–Kier alpha value is -1.29. The summed E-state index contributed by atoms with van der Waals surface area (Å²) in [6.07, 6.45) is 0. The van der Waals surface area contributed by atoms with E-state index in [9.17, 15) is 0 Å². The maximum atomic E-state index is 5.90. The zero-order valence-corrected chi connectivity index (χ0v) is 13.0.